The van der Waals surface area contributed by atoms with E-state index >= 15 is 0 Å². The van der Waals surface area contributed by atoms with Gasteiger partial charge in [-0.25, -0.2) is 0 Å². The number of nitrogen functional groups attached to an aromatic ring is 3. The maximum atomic E-state index is 5.84. The number of benzene rings is 1. The van der Waals surface area contributed by atoms with Crippen molar-refractivity contribution in [2.24, 2.45) is 0 Å². The highest BCUT2D eigenvalue weighted by Gasteiger charge is 2.09. The van der Waals surface area contributed by atoms with Crippen molar-refractivity contribution in [3.63, 3.8) is 0 Å². The van der Waals surface area contributed by atoms with Gasteiger partial charge in [-0.1, -0.05) is 0 Å². The lowest BCUT2D eigenvalue weighted by Crippen LogP contribution is -2.10. The van der Waals surface area contributed by atoms with E-state index in [1.54, 1.807) is 12.3 Å². The van der Waals surface area contributed by atoms with E-state index in [1.165, 1.54) is 4.79 Å². The van der Waals surface area contributed by atoms with Gasteiger partial charge in [0.05, 0.1) is 11.9 Å². The van der Waals surface area contributed by atoms with Gasteiger partial charge in [-0.2, -0.15) is 9.89 Å². The molecule has 0 bridgehead atoms. The first-order valence-corrected chi connectivity index (χ1v) is 3.88. The summed E-state index contributed by atoms with van der Waals surface area (Å²) in [5.74, 6) is 5.57. The second-order valence-electron chi connectivity index (χ2n) is 3.05. The smallest absolute Gasteiger partial charge is 0.117 e. The minimum absolute atomic E-state index is 0.599. The molecule has 13 heavy (non-hydrogen) atoms. The molecule has 0 amide bonds. The van der Waals surface area contributed by atoms with Crippen LogP contribution in [0.3, 0.4) is 0 Å². The van der Waals surface area contributed by atoms with Crippen LogP contribution >= 0.6 is 0 Å². The number of hydrogen-bond donors (Lipinski definition) is 3. The Morgan fingerprint density at radius 3 is 2.77 bits per heavy atom. The third-order valence-corrected chi connectivity index (χ3v) is 2.16. The van der Waals surface area contributed by atoms with Gasteiger partial charge in [-0.05, 0) is 18.6 Å². The van der Waals surface area contributed by atoms with Crippen LogP contribution in [0.5, 0.6) is 0 Å². The minimum Gasteiger partial charge on any atom is -0.398 e. The normalized spacial score (nSPS) is 10.8. The Bertz CT molecular complexity index is 471. The largest absolute Gasteiger partial charge is 0.398 e. The standard InChI is InChI=1S/C8H11N5/c1-4-2-6(9)8-5(7(4)10)3-12-13(8)11/h2-3H,9-11H2,1H3. The maximum Gasteiger partial charge on any atom is 0.117 e. The third kappa shape index (κ3) is 0.900. The summed E-state index contributed by atoms with van der Waals surface area (Å²) in [5, 5.41) is 4.70. The van der Waals surface area contributed by atoms with E-state index in [-0.39, 0.29) is 0 Å². The van der Waals surface area contributed by atoms with Gasteiger partial charge in [0, 0.05) is 11.1 Å². The number of fused-ring (bicyclic) bond motifs is 1. The van der Waals surface area contributed by atoms with Crippen LogP contribution in [-0.2, 0) is 0 Å². The molecule has 0 saturated heterocycles. The Kier molecular flexibility index (Phi) is 1.36. The summed E-state index contributed by atoms with van der Waals surface area (Å²) in [6.45, 7) is 1.90. The SMILES string of the molecule is Cc1cc(N)c2c(cnn2N)c1N. The van der Waals surface area contributed by atoms with Gasteiger partial charge >= 0.3 is 0 Å². The molecule has 0 aliphatic heterocycles. The molecule has 0 saturated carbocycles. The van der Waals surface area contributed by atoms with E-state index in [2.05, 4.69) is 5.10 Å². The molecule has 0 aliphatic rings. The fraction of sp³-hybridized carbons (Fsp3) is 0.125. The van der Waals surface area contributed by atoms with Gasteiger partial charge in [0.25, 0.3) is 0 Å². The molecule has 68 valence electrons. The van der Waals surface area contributed by atoms with E-state index in [1.807, 2.05) is 6.92 Å². The van der Waals surface area contributed by atoms with Crippen LogP contribution < -0.4 is 17.3 Å². The van der Waals surface area contributed by atoms with Gasteiger partial charge in [-0.15, -0.1) is 0 Å². The van der Waals surface area contributed by atoms with Gasteiger partial charge in [0.15, 0.2) is 0 Å². The molecule has 1 aromatic heterocycles. The number of anilines is 2. The molecule has 5 nitrogen and oxygen atoms in total. The van der Waals surface area contributed by atoms with E-state index in [4.69, 9.17) is 17.3 Å². The van der Waals surface area contributed by atoms with Crippen molar-refractivity contribution in [3.05, 3.63) is 17.8 Å². The van der Waals surface area contributed by atoms with E-state index < -0.39 is 0 Å². The zero-order valence-electron chi connectivity index (χ0n) is 7.28. The van der Waals surface area contributed by atoms with Gasteiger partial charge in [0.2, 0.25) is 0 Å². The molecule has 2 rings (SSSR count). The van der Waals surface area contributed by atoms with Crippen molar-refractivity contribution in [3.8, 4) is 0 Å². The van der Waals surface area contributed by atoms with Crippen LogP contribution in [0, 0.1) is 6.92 Å². The summed E-state index contributed by atoms with van der Waals surface area (Å²) in [7, 11) is 0. The molecule has 0 unspecified atom stereocenters. The zero-order chi connectivity index (χ0) is 9.59. The van der Waals surface area contributed by atoms with Crippen LogP contribution in [0.2, 0.25) is 0 Å². The van der Waals surface area contributed by atoms with Crippen molar-refractivity contribution in [2.75, 3.05) is 17.3 Å². The highest BCUT2D eigenvalue weighted by molar-refractivity contribution is 5.99. The number of hydrogen-bond acceptors (Lipinski definition) is 4. The quantitative estimate of drug-likeness (QED) is 0.396. The predicted molar refractivity (Wildman–Crippen MR) is 53.4 cm³/mol. The molecule has 0 fully saturated rings. The summed E-state index contributed by atoms with van der Waals surface area (Å²) in [4.78, 5) is 1.24. The fourth-order valence-corrected chi connectivity index (χ4v) is 1.44. The first-order chi connectivity index (χ1) is 6.11. The van der Waals surface area contributed by atoms with Gasteiger partial charge in [0.1, 0.15) is 5.52 Å². The number of nitrogens with zero attached hydrogens (tertiary/aromatic N) is 2. The Morgan fingerprint density at radius 2 is 2.08 bits per heavy atom. The second kappa shape index (κ2) is 2.29. The lowest BCUT2D eigenvalue weighted by molar-refractivity contribution is 0.863. The van der Waals surface area contributed by atoms with Gasteiger partial charge < -0.3 is 17.3 Å². The summed E-state index contributed by atoms with van der Waals surface area (Å²) < 4.78 is 0. The molecule has 0 radical (unpaired) electrons. The van der Waals surface area contributed by atoms with Crippen molar-refractivity contribution >= 4 is 22.3 Å². The van der Waals surface area contributed by atoms with Crippen LogP contribution in [0.1, 0.15) is 5.56 Å². The number of rotatable bonds is 0. The van der Waals surface area contributed by atoms with E-state index in [0.717, 1.165) is 10.9 Å². The van der Waals surface area contributed by atoms with Crippen LogP contribution in [0.4, 0.5) is 11.4 Å². The van der Waals surface area contributed by atoms with Crippen molar-refractivity contribution in [1.82, 2.24) is 9.89 Å². The zero-order valence-corrected chi connectivity index (χ0v) is 7.28. The molecule has 2 aromatic rings. The van der Waals surface area contributed by atoms with Crippen molar-refractivity contribution in [1.29, 1.82) is 0 Å². The number of nitrogens with two attached hydrogens (primary N) is 3. The molecule has 0 atom stereocenters. The van der Waals surface area contributed by atoms with Crippen LogP contribution in [-0.4, -0.2) is 9.89 Å². The highest BCUT2D eigenvalue weighted by Crippen LogP contribution is 2.28. The van der Waals surface area contributed by atoms with E-state index in [9.17, 15) is 0 Å². The molecule has 6 N–H and O–H groups in total. The topological polar surface area (TPSA) is 95.9 Å². The summed E-state index contributed by atoms with van der Waals surface area (Å²) in [5.41, 5.74) is 14.5. The molecule has 1 heterocycles. The first kappa shape index (κ1) is 7.72. The number of aryl methyl sites for hydroxylation is 1. The molecule has 1 aromatic carbocycles. The van der Waals surface area contributed by atoms with Crippen molar-refractivity contribution in [2.45, 2.75) is 6.92 Å². The highest BCUT2D eigenvalue weighted by atomic mass is 15.5. The molecular weight excluding hydrogens is 166 g/mol. The number of aromatic nitrogens is 2. The fourth-order valence-electron chi connectivity index (χ4n) is 1.44. The van der Waals surface area contributed by atoms with Gasteiger partial charge in [-0.3, -0.25) is 0 Å². The summed E-state index contributed by atoms with van der Waals surface area (Å²) >= 11 is 0. The molecule has 0 spiro atoms. The third-order valence-electron chi connectivity index (χ3n) is 2.16. The lowest BCUT2D eigenvalue weighted by Gasteiger charge is -2.04. The lowest BCUT2D eigenvalue weighted by atomic mass is 10.1. The monoisotopic (exact) mass is 177 g/mol. The Labute approximate surface area is 75.1 Å². The molecular formula is C8H11N5. The van der Waals surface area contributed by atoms with E-state index in [0.29, 0.717) is 16.9 Å². The van der Waals surface area contributed by atoms with Crippen molar-refractivity contribution < 1.29 is 0 Å². The minimum atomic E-state index is 0.599. The molecule has 5 heteroatoms. The predicted octanol–water partition coefficient (Wildman–Crippen LogP) is 0.223. The maximum absolute atomic E-state index is 5.84. The van der Waals surface area contributed by atoms with Crippen LogP contribution in [0.15, 0.2) is 12.3 Å². The molecule has 0 aliphatic carbocycles. The average Bonchev–Trinajstić information content (AvgIpc) is 2.44. The Hall–Kier alpha value is -1.91. The summed E-state index contributed by atoms with van der Waals surface area (Å²) in [6.07, 6.45) is 1.62. The average molecular weight is 177 g/mol. The Balaban J connectivity index is 2.99. The Morgan fingerprint density at radius 1 is 1.38 bits per heavy atom. The first-order valence-electron chi connectivity index (χ1n) is 3.88. The second-order valence-corrected chi connectivity index (χ2v) is 3.05. The summed E-state index contributed by atoms with van der Waals surface area (Å²) in [6, 6.07) is 1.79. The van der Waals surface area contributed by atoms with Crippen LogP contribution in [0.25, 0.3) is 10.9 Å².